The minimum Gasteiger partial charge on any atom is -0.270 e. The maximum Gasteiger partial charge on any atom is 0.0628 e. The van der Waals surface area contributed by atoms with E-state index in [2.05, 4.69) is 37.5 Å². The van der Waals surface area contributed by atoms with Crippen LogP contribution >= 0.6 is 0 Å². The van der Waals surface area contributed by atoms with Crippen molar-refractivity contribution in [2.75, 3.05) is 0 Å². The molecule has 68 valence electrons. The van der Waals surface area contributed by atoms with E-state index in [-0.39, 0.29) is 0 Å². The van der Waals surface area contributed by atoms with Crippen LogP contribution in [0, 0.1) is 13.8 Å². The highest BCUT2D eigenvalue weighted by Crippen LogP contribution is 2.14. The Labute approximate surface area is 74.6 Å². The SMILES string of the molecule is CCCc1c(C)nn(CC)c1C. The summed E-state index contributed by atoms with van der Waals surface area (Å²) in [5, 5.41) is 4.46. The molecular weight excluding hydrogens is 148 g/mol. The summed E-state index contributed by atoms with van der Waals surface area (Å²) in [4.78, 5) is 0. The lowest BCUT2D eigenvalue weighted by molar-refractivity contribution is 0.633. The maximum absolute atomic E-state index is 4.46. The Bertz CT molecular complexity index is 261. The molecule has 1 rings (SSSR count). The fourth-order valence-electron chi connectivity index (χ4n) is 1.65. The number of hydrogen-bond acceptors (Lipinski definition) is 1. The van der Waals surface area contributed by atoms with E-state index in [0.29, 0.717) is 0 Å². The Balaban J connectivity index is 3.01. The van der Waals surface area contributed by atoms with Crippen LogP contribution in [-0.4, -0.2) is 9.78 Å². The van der Waals surface area contributed by atoms with Gasteiger partial charge in [0.15, 0.2) is 0 Å². The fourth-order valence-corrected chi connectivity index (χ4v) is 1.65. The van der Waals surface area contributed by atoms with Gasteiger partial charge in [0.1, 0.15) is 0 Å². The van der Waals surface area contributed by atoms with Gasteiger partial charge in [-0.15, -0.1) is 0 Å². The summed E-state index contributed by atoms with van der Waals surface area (Å²) in [6.45, 7) is 9.59. The molecule has 0 saturated carbocycles. The maximum atomic E-state index is 4.46. The molecule has 0 N–H and O–H groups in total. The third kappa shape index (κ3) is 1.52. The molecule has 0 aliphatic heterocycles. The average molecular weight is 166 g/mol. The molecule has 0 spiro atoms. The second kappa shape index (κ2) is 3.74. The molecule has 0 aliphatic rings. The van der Waals surface area contributed by atoms with E-state index >= 15 is 0 Å². The zero-order chi connectivity index (χ0) is 9.14. The topological polar surface area (TPSA) is 17.8 Å². The molecule has 2 heteroatoms. The summed E-state index contributed by atoms with van der Waals surface area (Å²) in [7, 11) is 0. The summed E-state index contributed by atoms with van der Waals surface area (Å²) >= 11 is 0. The van der Waals surface area contributed by atoms with Gasteiger partial charge in [-0.2, -0.15) is 5.10 Å². The first-order valence-electron chi connectivity index (χ1n) is 4.73. The average Bonchev–Trinajstić information content (AvgIpc) is 2.32. The van der Waals surface area contributed by atoms with Crippen molar-refractivity contribution in [3.05, 3.63) is 17.0 Å². The lowest BCUT2D eigenvalue weighted by Gasteiger charge is -2.00. The van der Waals surface area contributed by atoms with E-state index in [9.17, 15) is 0 Å². The molecule has 0 aromatic carbocycles. The van der Waals surface area contributed by atoms with Gasteiger partial charge >= 0.3 is 0 Å². The third-order valence-electron chi connectivity index (χ3n) is 2.33. The molecule has 0 bridgehead atoms. The van der Waals surface area contributed by atoms with Crippen molar-refractivity contribution < 1.29 is 0 Å². The first-order chi connectivity index (χ1) is 5.70. The molecule has 0 amide bonds. The van der Waals surface area contributed by atoms with Crippen molar-refractivity contribution >= 4 is 0 Å². The standard InChI is InChI=1S/C10H18N2/c1-5-7-10-8(3)11-12(6-2)9(10)4/h5-7H2,1-4H3. The van der Waals surface area contributed by atoms with E-state index in [1.807, 2.05) is 0 Å². The van der Waals surface area contributed by atoms with Gasteiger partial charge in [0.25, 0.3) is 0 Å². The lowest BCUT2D eigenvalue weighted by atomic mass is 10.1. The van der Waals surface area contributed by atoms with Crippen LogP contribution in [0.5, 0.6) is 0 Å². The van der Waals surface area contributed by atoms with Crippen molar-refractivity contribution in [3.8, 4) is 0 Å². The van der Waals surface area contributed by atoms with Crippen LogP contribution in [0.4, 0.5) is 0 Å². The molecule has 0 saturated heterocycles. The molecule has 1 heterocycles. The van der Waals surface area contributed by atoms with Crippen LogP contribution in [0.1, 0.15) is 37.2 Å². The van der Waals surface area contributed by atoms with E-state index in [4.69, 9.17) is 0 Å². The number of hydrogen-bond donors (Lipinski definition) is 0. The van der Waals surface area contributed by atoms with Gasteiger partial charge < -0.3 is 0 Å². The Hall–Kier alpha value is -0.790. The van der Waals surface area contributed by atoms with Gasteiger partial charge in [0.05, 0.1) is 5.69 Å². The first-order valence-corrected chi connectivity index (χ1v) is 4.73. The van der Waals surface area contributed by atoms with Gasteiger partial charge in [0.2, 0.25) is 0 Å². The van der Waals surface area contributed by atoms with Gasteiger partial charge in [-0.1, -0.05) is 13.3 Å². The van der Waals surface area contributed by atoms with Crippen molar-refractivity contribution in [2.24, 2.45) is 0 Å². The molecule has 2 nitrogen and oxygen atoms in total. The van der Waals surface area contributed by atoms with E-state index < -0.39 is 0 Å². The largest absolute Gasteiger partial charge is 0.270 e. The lowest BCUT2D eigenvalue weighted by Crippen LogP contribution is -1.99. The molecule has 0 unspecified atom stereocenters. The second-order valence-corrected chi connectivity index (χ2v) is 3.22. The van der Waals surface area contributed by atoms with Crippen LogP contribution in [0.3, 0.4) is 0 Å². The Morgan fingerprint density at radius 2 is 1.92 bits per heavy atom. The van der Waals surface area contributed by atoms with Gasteiger partial charge in [-0.25, -0.2) is 0 Å². The van der Waals surface area contributed by atoms with Gasteiger partial charge in [-0.05, 0) is 32.8 Å². The minimum atomic E-state index is 0.983. The van der Waals surface area contributed by atoms with Crippen LogP contribution < -0.4 is 0 Å². The van der Waals surface area contributed by atoms with Gasteiger partial charge in [-0.3, -0.25) is 4.68 Å². The Kier molecular flexibility index (Phi) is 2.90. The van der Waals surface area contributed by atoms with E-state index in [1.54, 1.807) is 0 Å². The van der Waals surface area contributed by atoms with E-state index in [0.717, 1.165) is 13.0 Å². The summed E-state index contributed by atoms with van der Waals surface area (Å²) < 4.78 is 2.08. The fraction of sp³-hybridized carbons (Fsp3) is 0.700. The number of aromatic nitrogens is 2. The number of nitrogens with zero attached hydrogens (tertiary/aromatic N) is 2. The monoisotopic (exact) mass is 166 g/mol. The summed E-state index contributed by atoms with van der Waals surface area (Å²) in [5.74, 6) is 0. The molecule has 0 radical (unpaired) electrons. The molecule has 1 aromatic rings. The number of rotatable bonds is 3. The smallest absolute Gasteiger partial charge is 0.0628 e. The summed E-state index contributed by atoms with van der Waals surface area (Å²) in [6.07, 6.45) is 2.37. The highest BCUT2D eigenvalue weighted by Gasteiger charge is 2.08. The predicted molar refractivity (Wildman–Crippen MR) is 51.4 cm³/mol. The van der Waals surface area contributed by atoms with Gasteiger partial charge in [0, 0.05) is 12.2 Å². The van der Waals surface area contributed by atoms with Crippen molar-refractivity contribution in [1.29, 1.82) is 0 Å². The van der Waals surface area contributed by atoms with Crippen molar-refractivity contribution in [3.63, 3.8) is 0 Å². The molecule has 0 atom stereocenters. The zero-order valence-corrected chi connectivity index (χ0v) is 8.52. The molecule has 0 fully saturated rings. The molecular formula is C10H18N2. The Morgan fingerprint density at radius 1 is 1.25 bits per heavy atom. The highest BCUT2D eigenvalue weighted by molar-refractivity contribution is 5.24. The Morgan fingerprint density at radius 3 is 2.33 bits per heavy atom. The quantitative estimate of drug-likeness (QED) is 0.674. The molecule has 1 aromatic heterocycles. The molecule has 12 heavy (non-hydrogen) atoms. The van der Waals surface area contributed by atoms with Crippen molar-refractivity contribution in [2.45, 2.75) is 47.1 Å². The first kappa shape index (κ1) is 9.30. The minimum absolute atomic E-state index is 0.983. The van der Waals surface area contributed by atoms with Crippen molar-refractivity contribution in [1.82, 2.24) is 9.78 Å². The summed E-state index contributed by atoms with van der Waals surface area (Å²) in [6, 6.07) is 0. The van der Waals surface area contributed by atoms with Crippen LogP contribution in [0.2, 0.25) is 0 Å². The van der Waals surface area contributed by atoms with Crippen LogP contribution in [0.25, 0.3) is 0 Å². The zero-order valence-electron chi connectivity index (χ0n) is 8.52. The highest BCUT2D eigenvalue weighted by atomic mass is 15.3. The summed E-state index contributed by atoms with van der Waals surface area (Å²) in [5.41, 5.74) is 3.99. The third-order valence-corrected chi connectivity index (χ3v) is 2.33. The van der Waals surface area contributed by atoms with E-state index in [1.165, 1.54) is 23.4 Å². The van der Waals surface area contributed by atoms with Crippen LogP contribution in [0.15, 0.2) is 0 Å². The van der Waals surface area contributed by atoms with Crippen LogP contribution in [-0.2, 0) is 13.0 Å². The normalized spacial score (nSPS) is 10.7. The predicted octanol–water partition coefficient (Wildman–Crippen LogP) is 2.47. The second-order valence-electron chi connectivity index (χ2n) is 3.22. The number of aryl methyl sites for hydroxylation is 2. The molecule has 0 aliphatic carbocycles.